The molecule has 0 aliphatic carbocycles. The highest BCUT2D eigenvalue weighted by atomic mass is 16.4. The number of nitrogens with one attached hydrogen (secondary N) is 1. The van der Waals surface area contributed by atoms with Gasteiger partial charge in [-0.2, -0.15) is 0 Å². The molecule has 0 radical (unpaired) electrons. The minimum absolute atomic E-state index is 0.275. The van der Waals surface area contributed by atoms with Gasteiger partial charge < -0.3 is 9.52 Å². The molecule has 0 amide bonds. The fourth-order valence-electron chi connectivity index (χ4n) is 1.20. The molecule has 70 valence electrons. The second kappa shape index (κ2) is 2.95. The van der Waals surface area contributed by atoms with E-state index in [1.165, 1.54) is 6.07 Å². The van der Waals surface area contributed by atoms with E-state index in [4.69, 9.17) is 9.95 Å². The third kappa shape index (κ3) is 1.06. The molecule has 1 heterocycles. The standard InChI is InChI=1S/C9H6N2O3/c10-11-9-8(13)7(12)5-3-1-2-4-6(5)14-9/h1-4,10,13H. The van der Waals surface area contributed by atoms with Crippen molar-refractivity contribution in [1.82, 2.24) is 0 Å². The van der Waals surface area contributed by atoms with Crippen LogP contribution in [0.2, 0.25) is 0 Å². The lowest BCUT2D eigenvalue weighted by molar-refractivity contribution is 0.445. The number of aromatic hydroxyl groups is 1. The molecule has 0 fully saturated rings. The van der Waals surface area contributed by atoms with Crippen LogP contribution in [-0.4, -0.2) is 5.11 Å². The zero-order valence-corrected chi connectivity index (χ0v) is 7.02. The Morgan fingerprint density at radius 3 is 2.79 bits per heavy atom. The molecule has 2 aromatic rings. The Labute approximate surface area is 78.1 Å². The molecule has 1 aromatic carbocycles. The van der Waals surface area contributed by atoms with Crippen molar-refractivity contribution < 1.29 is 9.52 Å². The summed E-state index contributed by atoms with van der Waals surface area (Å²) in [7, 11) is 0. The van der Waals surface area contributed by atoms with E-state index in [0.29, 0.717) is 5.58 Å². The van der Waals surface area contributed by atoms with Crippen molar-refractivity contribution in [3.63, 3.8) is 0 Å². The summed E-state index contributed by atoms with van der Waals surface area (Å²) in [5.74, 6) is -0.993. The summed E-state index contributed by atoms with van der Waals surface area (Å²) in [6.45, 7) is 0. The average Bonchev–Trinajstić information content (AvgIpc) is 2.23. The molecule has 2 N–H and O–H groups in total. The van der Waals surface area contributed by atoms with Gasteiger partial charge in [-0.3, -0.25) is 4.79 Å². The van der Waals surface area contributed by atoms with Crippen molar-refractivity contribution >= 4 is 16.9 Å². The molecule has 0 aliphatic rings. The van der Waals surface area contributed by atoms with Crippen LogP contribution < -0.4 is 5.43 Å². The summed E-state index contributed by atoms with van der Waals surface area (Å²) in [6, 6.07) is 6.46. The molecular formula is C9H6N2O3. The lowest BCUT2D eigenvalue weighted by Gasteiger charge is -1.98. The summed E-state index contributed by atoms with van der Waals surface area (Å²) >= 11 is 0. The number of fused-ring (bicyclic) bond motifs is 1. The molecule has 0 spiro atoms. The van der Waals surface area contributed by atoms with Gasteiger partial charge in [0.15, 0.2) is 0 Å². The van der Waals surface area contributed by atoms with Crippen LogP contribution in [0.5, 0.6) is 5.75 Å². The first-order valence-electron chi connectivity index (χ1n) is 3.86. The van der Waals surface area contributed by atoms with E-state index in [1.807, 2.05) is 0 Å². The van der Waals surface area contributed by atoms with E-state index in [-0.39, 0.29) is 11.3 Å². The molecule has 5 heteroatoms. The number of benzene rings is 1. The number of hydrogen-bond donors (Lipinski definition) is 2. The van der Waals surface area contributed by atoms with E-state index in [2.05, 4.69) is 5.11 Å². The molecule has 0 bridgehead atoms. The van der Waals surface area contributed by atoms with Crippen molar-refractivity contribution in [1.29, 1.82) is 5.53 Å². The van der Waals surface area contributed by atoms with Crippen molar-refractivity contribution in [2.45, 2.75) is 0 Å². The Morgan fingerprint density at radius 1 is 1.36 bits per heavy atom. The normalized spacial score (nSPS) is 10.3. The predicted octanol–water partition coefficient (Wildman–Crippen LogP) is 2.16. The predicted molar refractivity (Wildman–Crippen MR) is 49.0 cm³/mol. The Balaban J connectivity index is 2.99. The summed E-state index contributed by atoms with van der Waals surface area (Å²) < 4.78 is 5.02. The van der Waals surface area contributed by atoms with Crippen molar-refractivity contribution in [2.24, 2.45) is 5.11 Å². The average molecular weight is 190 g/mol. The maximum Gasteiger partial charge on any atom is 0.285 e. The molecular weight excluding hydrogens is 184 g/mol. The second-order valence-electron chi connectivity index (χ2n) is 2.69. The fourth-order valence-corrected chi connectivity index (χ4v) is 1.20. The van der Waals surface area contributed by atoms with E-state index in [0.717, 1.165) is 0 Å². The quantitative estimate of drug-likeness (QED) is 0.675. The molecule has 2 rings (SSSR count). The van der Waals surface area contributed by atoms with Gasteiger partial charge in [0.25, 0.3) is 5.88 Å². The van der Waals surface area contributed by atoms with Crippen molar-refractivity contribution in [2.75, 3.05) is 0 Å². The maximum atomic E-state index is 11.5. The smallest absolute Gasteiger partial charge is 0.285 e. The van der Waals surface area contributed by atoms with Crippen LogP contribution in [0.4, 0.5) is 5.88 Å². The van der Waals surface area contributed by atoms with Gasteiger partial charge in [0.2, 0.25) is 11.2 Å². The summed E-state index contributed by atoms with van der Waals surface area (Å²) in [6.07, 6.45) is 0. The van der Waals surface area contributed by atoms with Gasteiger partial charge in [0.05, 0.1) is 5.39 Å². The van der Waals surface area contributed by atoms with E-state index in [1.54, 1.807) is 18.2 Å². The Morgan fingerprint density at radius 2 is 2.07 bits per heavy atom. The highest BCUT2D eigenvalue weighted by Crippen LogP contribution is 2.26. The fraction of sp³-hybridized carbons (Fsp3) is 0. The SMILES string of the molecule is N=Nc1oc2ccccc2c(=O)c1O. The summed E-state index contributed by atoms with van der Waals surface area (Å²) in [5, 5.41) is 12.5. The molecule has 5 nitrogen and oxygen atoms in total. The largest absolute Gasteiger partial charge is 0.500 e. The minimum atomic E-state index is -0.626. The van der Waals surface area contributed by atoms with Gasteiger partial charge in [-0.15, -0.1) is 5.11 Å². The Kier molecular flexibility index (Phi) is 1.78. The van der Waals surface area contributed by atoms with Crippen LogP contribution in [0.15, 0.2) is 38.6 Å². The molecule has 1 aromatic heterocycles. The number of para-hydroxylation sites is 1. The van der Waals surface area contributed by atoms with E-state index < -0.39 is 11.2 Å². The first-order valence-corrected chi connectivity index (χ1v) is 3.86. The first kappa shape index (κ1) is 8.43. The second-order valence-corrected chi connectivity index (χ2v) is 2.69. The summed E-state index contributed by atoms with van der Waals surface area (Å²) in [5.41, 5.74) is 6.42. The van der Waals surface area contributed by atoms with Crippen LogP contribution in [0.25, 0.3) is 11.0 Å². The van der Waals surface area contributed by atoms with Crippen molar-refractivity contribution in [3.05, 3.63) is 34.5 Å². The Hall–Kier alpha value is -2.17. The third-order valence-electron chi connectivity index (χ3n) is 1.86. The van der Waals surface area contributed by atoms with Gasteiger partial charge in [0, 0.05) is 0 Å². The molecule has 0 saturated carbocycles. The zero-order valence-electron chi connectivity index (χ0n) is 7.02. The third-order valence-corrected chi connectivity index (χ3v) is 1.86. The van der Waals surface area contributed by atoms with E-state index in [9.17, 15) is 9.90 Å². The molecule has 14 heavy (non-hydrogen) atoms. The number of nitrogens with zero attached hydrogens (tertiary/aromatic N) is 1. The monoisotopic (exact) mass is 190 g/mol. The number of hydrogen-bond acceptors (Lipinski definition) is 5. The number of rotatable bonds is 1. The van der Waals surface area contributed by atoms with Crippen LogP contribution in [-0.2, 0) is 0 Å². The van der Waals surface area contributed by atoms with Crippen LogP contribution in [0, 0.1) is 5.53 Å². The highest BCUT2D eigenvalue weighted by Gasteiger charge is 2.11. The first-order chi connectivity index (χ1) is 6.74. The zero-order chi connectivity index (χ0) is 10.1. The van der Waals surface area contributed by atoms with Gasteiger partial charge in [0.1, 0.15) is 5.58 Å². The van der Waals surface area contributed by atoms with Gasteiger partial charge >= 0.3 is 0 Å². The lowest BCUT2D eigenvalue weighted by atomic mass is 10.2. The summed E-state index contributed by atoms with van der Waals surface area (Å²) in [4.78, 5) is 11.5. The minimum Gasteiger partial charge on any atom is -0.500 e. The maximum absolute atomic E-state index is 11.5. The van der Waals surface area contributed by atoms with Gasteiger partial charge in [-0.05, 0) is 12.1 Å². The lowest BCUT2D eigenvalue weighted by Crippen LogP contribution is -1.99. The molecule has 0 saturated heterocycles. The molecule has 0 unspecified atom stereocenters. The highest BCUT2D eigenvalue weighted by molar-refractivity contribution is 5.79. The van der Waals surface area contributed by atoms with Crippen LogP contribution in [0.3, 0.4) is 0 Å². The Bertz CT molecular complexity index is 559. The topological polar surface area (TPSA) is 86.7 Å². The van der Waals surface area contributed by atoms with Gasteiger partial charge in [-0.1, -0.05) is 12.1 Å². The van der Waals surface area contributed by atoms with E-state index >= 15 is 0 Å². The van der Waals surface area contributed by atoms with Gasteiger partial charge in [-0.25, -0.2) is 5.53 Å². The molecule has 0 atom stereocenters. The van der Waals surface area contributed by atoms with Crippen LogP contribution in [0.1, 0.15) is 0 Å². The van der Waals surface area contributed by atoms with Crippen LogP contribution >= 0.6 is 0 Å². The van der Waals surface area contributed by atoms with Crippen molar-refractivity contribution in [3.8, 4) is 5.75 Å². The molecule has 0 aliphatic heterocycles.